The van der Waals surface area contributed by atoms with E-state index in [1.54, 1.807) is 0 Å². The van der Waals surface area contributed by atoms with Crippen LogP contribution in [0.1, 0.15) is 54.7 Å². The van der Waals surface area contributed by atoms with Crippen molar-refractivity contribution in [2.24, 2.45) is 0 Å². The largest absolute Gasteiger partial charge is 0.0622 e. The van der Waals surface area contributed by atoms with E-state index in [9.17, 15) is 0 Å². The van der Waals surface area contributed by atoms with E-state index in [1.165, 1.54) is 48.8 Å². The summed E-state index contributed by atoms with van der Waals surface area (Å²) in [5.74, 6) is 0.802. The van der Waals surface area contributed by atoms with Crippen LogP contribution in [0.15, 0.2) is 54.6 Å². The van der Waals surface area contributed by atoms with Crippen LogP contribution in [0, 0.1) is 0 Å². The Bertz CT molecular complexity index is 542. The Labute approximate surface area is 122 Å². The van der Waals surface area contributed by atoms with Crippen molar-refractivity contribution in [3.05, 3.63) is 71.3 Å². The molecule has 1 saturated carbocycles. The minimum absolute atomic E-state index is 0.802. The predicted octanol–water partition coefficient (Wildman–Crippen LogP) is 5.90. The normalized spacial score (nSPS) is 16.6. The molecule has 0 heteroatoms. The third kappa shape index (κ3) is 3.39. The highest BCUT2D eigenvalue weighted by Gasteiger charge is 2.14. The zero-order valence-electron chi connectivity index (χ0n) is 12.0. The molecular formula is C20H22. The van der Waals surface area contributed by atoms with Gasteiger partial charge in [0.15, 0.2) is 0 Å². The lowest BCUT2D eigenvalue weighted by Gasteiger charge is -2.21. The lowest BCUT2D eigenvalue weighted by atomic mass is 9.84. The molecule has 1 fully saturated rings. The highest BCUT2D eigenvalue weighted by molar-refractivity contribution is 5.69. The average Bonchev–Trinajstić information content (AvgIpc) is 2.55. The molecule has 1 aliphatic carbocycles. The van der Waals surface area contributed by atoms with Crippen LogP contribution >= 0.6 is 0 Å². The molecule has 0 saturated heterocycles. The second-order valence-corrected chi connectivity index (χ2v) is 5.75. The standard InChI is InChI=1S/C20H22/c1-3-7-17(8-4-1)11-12-18-13-15-20(16-14-18)19-9-5-2-6-10-19/h1,3-4,7-8,11-16,19H,2,5-6,9-10H2. The van der Waals surface area contributed by atoms with Crippen molar-refractivity contribution in [1.82, 2.24) is 0 Å². The van der Waals surface area contributed by atoms with Crippen LogP contribution in [0.5, 0.6) is 0 Å². The first-order chi connectivity index (χ1) is 9.92. The van der Waals surface area contributed by atoms with E-state index < -0.39 is 0 Å². The SMILES string of the molecule is C(=Cc1ccc(C2CCCCC2)cc1)c1ccccc1. The lowest BCUT2D eigenvalue weighted by Crippen LogP contribution is -2.04. The van der Waals surface area contributed by atoms with Crippen molar-refractivity contribution in [2.45, 2.75) is 38.0 Å². The molecule has 0 heterocycles. The summed E-state index contributed by atoms with van der Waals surface area (Å²) in [5.41, 5.74) is 4.07. The zero-order valence-corrected chi connectivity index (χ0v) is 12.0. The Hall–Kier alpha value is -1.82. The van der Waals surface area contributed by atoms with Gasteiger partial charge < -0.3 is 0 Å². The fourth-order valence-electron chi connectivity index (χ4n) is 3.07. The van der Waals surface area contributed by atoms with Gasteiger partial charge in [-0.25, -0.2) is 0 Å². The highest BCUT2D eigenvalue weighted by Crippen LogP contribution is 2.32. The van der Waals surface area contributed by atoms with Crippen molar-refractivity contribution in [3.8, 4) is 0 Å². The molecule has 2 aromatic carbocycles. The molecule has 20 heavy (non-hydrogen) atoms. The Morgan fingerprint density at radius 3 is 1.90 bits per heavy atom. The number of rotatable bonds is 3. The van der Waals surface area contributed by atoms with Gasteiger partial charge in [0.25, 0.3) is 0 Å². The summed E-state index contributed by atoms with van der Waals surface area (Å²) >= 11 is 0. The predicted molar refractivity (Wildman–Crippen MR) is 87.6 cm³/mol. The van der Waals surface area contributed by atoms with Gasteiger partial charge in [-0.2, -0.15) is 0 Å². The molecule has 0 radical (unpaired) electrons. The summed E-state index contributed by atoms with van der Waals surface area (Å²) in [4.78, 5) is 0. The van der Waals surface area contributed by atoms with Gasteiger partial charge in [0.05, 0.1) is 0 Å². The second-order valence-electron chi connectivity index (χ2n) is 5.75. The summed E-state index contributed by atoms with van der Waals surface area (Å²) in [6.07, 6.45) is 11.4. The van der Waals surface area contributed by atoms with Crippen LogP contribution in [-0.4, -0.2) is 0 Å². The lowest BCUT2D eigenvalue weighted by molar-refractivity contribution is 0.443. The third-order valence-electron chi connectivity index (χ3n) is 4.28. The molecule has 0 amide bonds. The Morgan fingerprint density at radius 1 is 0.650 bits per heavy atom. The Balaban J connectivity index is 1.68. The van der Waals surface area contributed by atoms with Crippen molar-refractivity contribution in [2.75, 3.05) is 0 Å². The molecule has 2 aromatic rings. The van der Waals surface area contributed by atoms with Crippen molar-refractivity contribution >= 4 is 12.2 Å². The number of hydrogen-bond donors (Lipinski definition) is 0. The summed E-state index contributed by atoms with van der Waals surface area (Å²) in [6, 6.07) is 19.6. The molecule has 0 aromatic heterocycles. The van der Waals surface area contributed by atoms with Gasteiger partial charge in [0.2, 0.25) is 0 Å². The summed E-state index contributed by atoms with van der Waals surface area (Å²) in [7, 11) is 0. The molecule has 0 aliphatic heterocycles. The summed E-state index contributed by atoms with van der Waals surface area (Å²) < 4.78 is 0. The first kappa shape index (κ1) is 13.2. The fourth-order valence-corrected chi connectivity index (χ4v) is 3.07. The molecule has 0 N–H and O–H groups in total. The quantitative estimate of drug-likeness (QED) is 0.604. The minimum atomic E-state index is 0.802. The van der Waals surface area contributed by atoms with E-state index in [0.29, 0.717) is 0 Å². The van der Waals surface area contributed by atoms with Gasteiger partial charge in [-0.15, -0.1) is 0 Å². The van der Waals surface area contributed by atoms with Gasteiger partial charge in [-0.1, -0.05) is 86.0 Å². The van der Waals surface area contributed by atoms with Gasteiger partial charge in [-0.05, 0) is 35.4 Å². The monoisotopic (exact) mass is 262 g/mol. The van der Waals surface area contributed by atoms with Crippen molar-refractivity contribution < 1.29 is 0 Å². The molecule has 102 valence electrons. The topological polar surface area (TPSA) is 0 Å². The van der Waals surface area contributed by atoms with Crippen LogP contribution in [-0.2, 0) is 0 Å². The van der Waals surface area contributed by atoms with Crippen LogP contribution in [0.2, 0.25) is 0 Å². The van der Waals surface area contributed by atoms with E-state index in [-0.39, 0.29) is 0 Å². The maximum Gasteiger partial charge on any atom is -0.0162 e. The summed E-state index contributed by atoms with van der Waals surface area (Å²) in [6.45, 7) is 0. The van der Waals surface area contributed by atoms with E-state index in [2.05, 4.69) is 66.7 Å². The molecule has 1 aliphatic rings. The highest BCUT2D eigenvalue weighted by atomic mass is 14.2. The average molecular weight is 262 g/mol. The third-order valence-corrected chi connectivity index (χ3v) is 4.28. The van der Waals surface area contributed by atoms with Gasteiger partial charge >= 0.3 is 0 Å². The molecule has 0 unspecified atom stereocenters. The minimum Gasteiger partial charge on any atom is -0.0622 e. The van der Waals surface area contributed by atoms with Crippen LogP contribution < -0.4 is 0 Å². The fraction of sp³-hybridized carbons (Fsp3) is 0.300. The number of hydrogen-bond acceptors (Lipinski definition) is 0. The van der Waals surface area contributed by atoms with Gasteiger partial charge in [0.1, 0.15) is 0 Å². The molecular weight excluding hydrogens is 240 g/mol. The zero-order chi connectivity index (χ0) is 13.6. The van der Waals surface area contributed by atoms with Crippen molar-refractivity contribution in [1.29, 1.82) is 0 Å². The molecule has 0 spiro atoms. The first-order valence-electron chi connectivity index (χ1n) is 7.75. The van der Waals surface area contributed by atoms with Crippen LogP contribution in [0.3, 0.4) is 0 Å². The van der Waals surface area contributed by atoms with E-state index in [1.807, 2.05) is 0 Å². The Kier molecular flexibility index (Phi) is 4.32. The molecule has 0 bridgehead atoms. The molecule has 0 nitrogen and oxygen atoms in total. The number of benzene rings is 2. The van der Waals surface area contributed by atoms with Gasteiger partial charge in [-0.3, -0.25) is 0 Å². The van der Waals surface area contributed by atoms with E-state index >= 15 is 0 Å². The first-order valence-corrected chi connectivity index (χ1v) is 7.75. The smallest absolute Gasteiger partial charge is 0.0162 e. The second kappa shape index (κ2) is 6.56. The maximum atomic E-state index is 2.32. The van der Waals surface area contributed by atoms with E-state index in [0.717, 1.165) is 5.92 Å². The Morgan fingerprint density at radius 2 is 1.25 bits per heavy atom. The van der Waals surface area contributed by atoms with Crippen LogP contribution in [0.25, 0.3) is 12.2 Å². The van der Waals surface area contributed by atoms with E-state index in [4.69, 9.17) is 0 Å². The maximum absolute atomic E-state index is 2.32. The molecule has 0 atom stereocenters. The van der Waals surface area contributed by atoms with Crippen LogP contribution in [0.4, 0.5) is 0 Å². The van der Waals surface area contributed by atoms with Crippen molar-refractivity contribution in [3.63, 3.8) is 0 Å². The summed E-state index contributed by atoms with van der Waals surface area (Å²) in [5, 5.41) is 0. The molecule has 3 rings (SSSR count). The van der Waals surface area contributed by atoms with Gasteiger partial charge in [0, 0.05) is 0 Å².